The second kappa shape index (κ2) is 7.92. The first kappa shape index (κ1) is 17.8. The number of carbonyl (C=O) groups is 1. The molecule has 0 unspecified atom stereocenters. The van der Waals surface area contributed by atoms with Gasteiger partial charge in [-0.3, -0.25) is 24.8 Å². The third-order valence-corrected chi connectivity index (χ3v) is 4.49. The largest absolute Gasteiger partial charge is 0.368 e. The average molecular weight is 355 g/mol. The highest BCUT2D eigenvalue weighted by molar-refractivity contribution is 6.00. The standard InChI is InChI=1S/C18H21N5O3/c1-19-18(24)16-12-15(23(25)26)5-6-17(16)22-10-8-21(9-11-22)13-14-4-2-3-7-20-14/h2-7,12H,8-11,13H2,1H3,(H,19,24). The number of non-ortho nitro benzene ring substituents is 1. The van der Waals surface area contributed by atoms with Gasteiger partial charge in [0.1, 0.15) is 0 Å². The molecule has 1 saturated heterocycles. The zero-order chi connectivity index (χ0) is 18.5. The number of nitro benzene ring substituents is 1. The molecule has 2 aromatic rings. The number of anilines is 1. The Morgan fingerprint density at radius 1 is 1.23 bits per heavy atom. The van der Waals surface area contributed by atoms with Crippen molar-refractivity contribution in [2.75, 3.05) is 38.1 Å². The molecule has 0 saturated carbocycles. The van der Waals surface area contributed by atoms with Crippen LogP contribution in [-0.2, 0) is 6.54 Å². The molecule has 1 N–H and O–H groups in total. The van der Waals surface area contributed by atoms with Gasteiger partial charge >= 0.3 is 0 Å². The fourth-order valence-electron chi connectivity index (χ4n) is 3.10. The number of hydrogen-bond acceptors (Lipinski definition) is 6. The summed E-state index contributed by atoms with van der Waals surface area (Å²) in [6.45, 7) is 3.95. The Morgan fingerprint density at radius 2 is 2.00 bits per heavy atom. The molecule has 0 aliphatic carbocycles. The summed E-state index contributed by atoms with van der Waals surface area (Å²) in [7, 11) is 1.52. The van der Waals surface area contributed by atoms with Gasteiger partial charge in [-0.1, -0.05) is 6.07 Å². The summed E-state index contributed by atoms with van der Waals surface area (Å²) in [5.74, 6) is -0.320. The molecular formula is C18H21N5O3. The van der Waals surface area contributed by atoms with Crippen molar-refractivity contribution in [3.05, 3.63) is 64.0 Å². The van der Waals surface area contributed by atoms with Gasteiger partial charge in [0.2, 0.25) is 0 Å². The highest BCUT2D eigenvalue weighted by atomic mass is 16.6. The van der Waals surface area contributed by atoms with E-state index in [2.05, 4.69) is 20.1 Å². The van der Waals surface area contributed by atoms with E-state index >= 15 is 0 Å². The molecule has 1 aromatic carbocycles. The topological polar surface area (TPSA) is 91.6 Å². The number of benzene rings is 1. The third-order valence-electron chi connectivity index (χ3n) is 4.49. The number of rotatable bonds is 5. The summed E-state index contributed by atoms with van der Waals surface area (Å²) >= 11 is 0. The molecule has 0 spiro atoms. The predicted molar refractivity (Wildman–Crippen MR) is 98.2 cm³/mol. The maximum absolute atomic E-state index is 12.2. The molecule has 1 aromatic heterocycles. The van der Waals surface area contributed by atoms with Crippen molar-refractivity contribution < 1.29 is 9.72 Å². The van der Waals surface area contributed by atoms with Crippen LogP contribution in [0, 0.1) is 10.1 Å². The van der Waals surface area contributed by atoms with E-state index in [1.807, 2.05) is 18.2 Å². The maximum atomic E-state index is 12.2. The van der Waals surface area contributed by atoms with E-state index in [-0.39, 0.29) is 11.6 Å². The Labute approximate surface area is 151 Å². The van der Waals surface area contributed by atoms with Gasteiger partial charge in [0.05, 0.1) is 21.9 Å². The van der Waals surface area contributed by atoms with Crippen molar-refractivity contribution in [2.45, 2.75) is 6.54 Å². The van der Waals surface area contributed by atoms with E-state index in [9.17, 15) is 14.9 Å². The first-order chi connectivity index (χ1) is 12.6. The van der Waals surface area contributed by atoms with Crippen molar-refractivity contribution in [3.8, 4) is 0 Å². The van der Waals surface area contributed by atoms with Crippen LogP contribution in [0.1, 0.15) is 16.1 Å². The van der Waals surface area contributed by atoms with E-state index < -0.39 is 4.92 Å². The van der Waals surface area contributed by atoms with Gasteiger partial charge in [-0.05, 0) is 18.2 Å². The molecule has 0 atom stereocenters. The second-order valence-electron chi connectivity index (χ2n) is 6.12. The Morgan fingerprint density at radius 3 is 2.62 bits per heavy atom. The van der Waals surface area contributed by atoms with Gasteiger partial charge in [-0.15, -0.1) is 0 Å². The lowest BCUT2D eigenvalue weighted by Gasteiger charge is -2.36. The summed E-state index contributed by atoms with van der Waals surface area (Å²) in [6, 6.07) is 10.3. The number of nitro groups is 1. The molecule has 8 nitrogen and oxygen atoms in total. The van der Waals surface area contributed by atoms with Crippen LogP contribution in [-0.4, -0.2) is 53.9 Å². The van der Waals surface area contributed by atoms with E-state index in [1.165, 1.54) is 19.2 Å². The van der Waals surface area contributed by atoms with E-state index in [0.29, 0.717) is 5.56 Å². The Kier molecular flexibility index (Phi) is 5.43. The Hall–Kier alpha value is -3.00. The SMILES string of the molecule is CNC(=O)c1cc([N+](=O)[O-])ccc1N1CCN(Cc2ccccn2)CC1. The van der Waals surface area contributed by atoms with Crippen LogP contribution in [0.5, 0.6) is 0 Å². The lowest BCUT2D eigenvalue weighted by molar-refractivity contribution is -0.384. The van der Waals surface area contributed by atoms with Crippen LogP contribution in [0.25, 0.3) is 0 Å². The third kappa shape index (κ3) is 3.97. The molecular weight excluding hydrogens is 334 g/mol. The number of nitrogens with one attached hydrogen (secondary N) is 1. The lowest BCUT2D eigenvalue weighted by Crippen LogP contribution is -2.46. The number of aromatic nitrogens is 1. The Bertz CT molecular complexity index is 789. The minimum Gasteiger partial charge on any atom is -0.368 e. The number of hydrogen-bond donors (Lipinski definition) is 1. The molecule has 0 radical (unpaired) electrons. The van der Waals surface area contributed by atoms with E-state index in [1.54, 1.807) is 12.3 Å². The summed E-state index contributed by atoms with van der Waals surface area (Å²) in [6.07, 6.45) is 1.79. The average Bonchev–Trinajstić information content (AvgIpc) is 2.68. The monoisotopic (exact) mass is 355 g/mol. The van der Waals surface area contributed by atoms with Gasteiger partial charge < -0.3 is 10.2 Å². The van der Waals surface area contributed by atoms with Gasteiger partial charge in [-0.25, -0.2) is 0 Å². The van der Waals surface area contributed by atoms with Crippen LogP contribution in [0.15, 0.2) is 42.6 Å². The Balaban J connectivity index is 1.72. The van der Waals surface area contributed by atoms with Crippen molar-refractivity contribution in [2.24, 2.45) is 0 Å². The molecule has 136 valence electrons. The lowest BCUT2D eigenvalue weighted by atomic mass is 10.1. The number of nitrogens with zero attached hydrogens (tertiary/aromatic N) is 4. The molecule has 26 heavy (non-hydrogen) atoms. The summed E-state index contributed by atoms with van der Waals surface area (Å²) in [5.41, 5.74) is 2.01. The van der Waals surface area contributed by atoms with Crippen molar-refractivity contribution in [1.29, 1.82) is 0 Å². The molecule has 1 aliphatic rings. The summed E-state index contributed by atoms with van der Waals surface area (Å²) in [4.78, 5) is 31.5. The van der Waals surface area contributed by atoms with Crippen LogP contribution in [0.2, 0.25) is 0 Å². The highest BCUT2D eigenvalue weighted by Gasteiger charge is 2.23. The van der Waals surface area contributed by atoms with E-state index in [0.717, 1.165) is 44.1 Å². The number of amides is 1. The summed E-state index contributed by atoms with van der Waals surface area (Å²) < 4.78 is 0. The number of piperazine rings is 1. The van der Waals surface area contributed by atoms with Gasteiger partial charge in [0.25, 0.3) is 11.6 Å². The van der Waals surface area contributed by atoms with Crippen LogP contribution in [0.4, 0.5) is 11.4 Å². The summed E-state index contributed by atoms with van der Waals surface area (Å²) in [5, 5.41) is 13.6. The first-order valence-electron chi connectivity index (χ1n) is 8.46. The minimum absolute atomic E-state index is 0.0823. The molecule has 3 rings (SSSR count). The fourth-order valence-corrected chi connectivity index (χ4v) is 3.10. The number of carbonyl (C=O) groups excluding carboxylic acids is 1. The van der Waals surface area contributed by atoms with Crippen molar-refractivity contribution in [1.82, 2.24) is 15.2 Å². The molecule has 2 heterocycles. The first-order valence-corrected chi connectivity index (χ1v) is 8.46. The molecule has 8 heteroatoms. The molecule has 1 aliphatic heterocycles. The predicted octanol–water partition coefficient (Wildman–Crippen LogP) is 1.67. The second-order valence-corrected chi connectivity index (χ2v) is 6.12. The smallest absolute Gasteiger partial charge is 0.270 e. The van der Waals surface area contributed by atoms with Crippen LogP contribution >= 0.6 is 0 Å². The zero-order valence-electron chi connectivity index (χ0n) is 14.6. The van der Waals surface area contributed by atoms with Gasteiger partial charge in [-0.2, -0.15) is 0 Å². The minimum atomic E-state index is -0.485. The normalized spacial score (nSPS) is 14.9. The van der Waals surface area contributed by atoms with E-state index in [4.69, 9.17) is 0 Å². The van der Waals surface area contributed by atoms with Crippen molar-refractivity contribution >= 4 is 17.3 Å². The van der Waals surface area contributed by atoms with Gasteiger partial charge in [0.15, 0.2) is 0 Å². The highest BCUT2D eigenvalue weighted by Crippen LogP contribution is 2.26. The zero-order valence-corrected chi connectivity index (χ0v) is 14.6. The fraction of sp³-hybridized carbons (Fsp3) is 0.333. The van der Waals surface area contributed by atoms with Crippen molar-refractivity contribution in [3.63, 3.8) is 0 Å². The molecule has 1 amide bonds. The quantitative estimate of drug-likeness (QED) is 0.648. The molecule has 1 fully saturated rings. The van der Waals surface area contributed by atoms with Gasteiger partial charge in [0, 0.05) is 58.1 Å². The van der Waals surface area contributed by atoms with Crippen LogP contribution < -0.4 is 10.2 Å². The molecule has 0 bridgehead atoms. The number of pyridine rings is 1. The maximum Gasteiger partial charge on any atom is 0.270 e. The van der Waals surface area contributed by atoms with Crippen LogP contribution in [0.3, 0.4) is 0 Å².